The largest absolute Gasteiger partial charge is 0.326 e. The van der Waals surface area contributed by atoms with E-state index in [1.54, 1.807) is 0 Å². The van der Waals surface area contributed by atoms with Gasteiger partial charge in [0.25, 0.3) is 0 Å². The molecule has 12 heavy (non-hydrogen) atoms. The van der Waals surface area contributed by atoms with Crippen molar-refractivity contribution in [2.75, 3.05) is 0 Å². The van der Waals surface area contributed by atoms with Crippen molar-refractivity contribution in [2.45, 2.75) is 26.4 Å². The van der Waals surface area contributed by atoms with Crippen molar-refractivity contribution in [3.8, 4) is 0 Å². The Labute approximate surface area is 73.6 Å². The van der Waals surface area contributed by atoms with Gasteiger partial charge in [0.2, 0.25) is 0 Å². The maximum absolute atomic E-state index is 5.56. The predicted octanol–water partition coefficient (Wildman–Crippen LogP) is 1.17. The van der Waals surface area contributed by atoms with E-state index in [-0.39, 0.29) is 0 Å². The molecule has 0 heterocycles. The summed E-state index contributed by atoms with van der Waals surface area (Å²) in [6, 6.07) is 6.34. The molecule has 0 unspecified atom stereocenters. The van der Waals surface area contributed by atoms with Crippen LogP contribution in [0.1, 0.15) is 23.6 Å². The van der Waals surface area contributed by atoms with E-state index in [1.165, 1.54) is 16.7 Å². The van der Waals surface area contributed by atoms with Crippen LogP contribution in [0, 0.1) is 0 Å². The van der Waals surface area contributed by atoms with Gasteiger partial charge in [0.1, 0.15) is 0 Å². The standard InChI is InChI=1S/C10H16N2/c1-2-8-3-9(6-11)5-10(4-8)7-12/h3-5H,2,6-7,11-12H2,1H3. The zero-order chi connectivity index (χ0) is 8.97. The molecule has 1 aromatic carbocycles. The first-order valence-corrected chi connectivity index (χ1v) is 4.32. The Balaban J connectivity index is 3.01. The molecule has 1 rings (SSSR count). The van der Waals surface area contributed by atoms with E-state index in [0.29, 0.717) is 13.1 Å². The average Bonchev–Trinajstić information content (AvgIpc) is 2.16. The molecule has 0 aliphatic rings. The van der Waals surface area contributed by atoms with Crippen LogP contribution in [0.15, 0.2) is 18.2 Å². The molecule has 2 heteroatoms. The molecule has 1 aromatic rings. The summed E-state index contributed by atoms with van der Waals surface area (Å²) in [4.78, 5) is 0. The highest BCUT2D eigenvalue weighted by molar-refractivity contribution is 5.30. The van der Waals surface area contributed by atoms with Gasteiger partial charge in [-0.15, -0.1) is 0 Å². The fraction of sp³-hybridized carbons (Fsp3) is 0.400. The number of benzene rings is 1. The summed E-state index contributed by atoms with van der Waals surface area (Å²) < 4.78 is 0. The summed E-state index contributed by atoms with van der Waals surface area (Å²) >= 11 is 0. The number of rotatable bonds is 3. The minimum Gasteiger partial charge on any atom is -0.326 e. The normalized spacial score (nSPS) is 10.2. The van der Waals surface area contributed by atoms with Gasteiger partial charge in [-0.2, -0.15) is 0 Å². The molecule has 2 nitrogen and oxygen atoms in total. The second-order valence-corrected chi connectivity index (χ2v) is 2.92. The Bertz CT molecular complexity index is 201. The highest BCUT2D eigenvalue weighted by Gasteiger charge is 1.96. The summed E-state index contributed by atoms with van der Waals surface area (Å²) in [5.74, 6) is 0. The molecule has 0 atom stereocenters. The second-order valence-electron chi connectivity index (χ2n) is 2.92. The van der Waals surface area contributed by atoms with E-state index in [2.05, 4.69) is 25.1 Å². The van der Waals surface area contributed by atoms with Crippen LogP contribution in [-0.4, -0.2) is 0 Å². The number of aryl methyl sites for hydroxylation is 1. The van der Waals surface area contributed by atoms with Gasteiger partial charge in [0.15, 0.2) is 0 Å². The Kier molecular flexibility index (Phi) is 3.26. The molecule has 0 bridgehead atoms. The average molecular weight is 164 g/mol. The molecule has 0 saturated carbocycles. The molecule has 0 spiro atoms. The quantitative estimate of drug-likeness (QED) is 0.704. The fourth-order valence-corrected chi connectivity index (χ4v) is 1.28. The molecular weight excluding hydrogens is 148 g/mol. The third kappa shape index (κ3) is 2.06. The SMILES string of the molecule is CCc1cc(CN)cc(CN)c1. The topological polar surface area (TPSA) is 52.0 Å². The van der Waals surface area contributed by atoms with Crippen molar-refractivity contribution in [3.63, 3.8) is 0 Å². The zero-order valence-corrected chi connectivity index (χ0v) is 7.51. The minimum absolute atomic E-state index is 0.598. The second kappa shape index (κ2) is 4.24. The Morgan fingerprint density at radius 1 is 0.917 bits per heavy atom. The van der Waals surface area contributed by atoms with Crippen LogP contribution in [0.2, 0.25) is 0 Å². The van der Waals surface area contributed by atoms with Crippen LogP contribution < -0.4 is 11.5 Å². The van der Waals surface area contributed by atoms with Crippen molar-refractivity contribution in [2.24, 2.45) is 11.5 Å². The lowest BCUT2D eigenvalue weighted by Crippen LogP contribution is -2.02. The molecule has 0 radical (unpaired) electrons. The van der Waals surface area contributed by atoms with Crippen LogP contribution in [0.4, 0.5) is 0 Å². The molecule has 0 amide bonds. The maximum atomic E-state index is 5.56. The lowest BCUT2D eigenvalue weighted by atomic mass is 10.0. The fourth-order valence-electron chi connectivity index (χ4n) is 1.28. The van der Waals surface area contributed by atoms with Gasteiger partial charge in [-0.25, -0.2) is 0 Å². The molecular formula is C10H16N2. The van der Waals surface area contributed by atoms with Crippen LogP contribution in [-0.2, 0) is 19.5 Å². The van der Waals surface area contributed by atoms with E-state index in [0.717, 1.165) is 6.42 Å². The van der Waals surface area contributed by atoms with Gasteiger partial charge in [-0.05, 0) is 23.1 Å². The third-order valence-electron chi connectivity index (χ3n) is 1.99. The van der Waals surface area contributed by atoms with Crippen LogP contribution >= 0.6 is 0 Å². The highest BCUT2D eigenvalue weighted by Crippen LogP contribution is 2.10. The predicted molar refractivity (Wildman–Crippen MR) is 51.6 cm³/mol. The minimum atomic E-state index is 0.598. The first-order valence-electron chi connectivity index (χ1n) is 4.32. The van der Waals surface area contributed by atoms with E-state index in [9.17, 15) is 0 Å². The van der Waals surface area contributed by atoms with Crippen molar-refractivity contribution in [1.29, 1.82) is 0 Å². The van der Waals surface area contributed by atoms with Gasteiger partial charge in [-0.3, -0.25) is 0 Å². The maximum Gasteiger partial charge on any atom is 0.0178 e. The van der Waals surface area contributed by atoms with Crippen LogP contribution in [0.25, 0.3) is 0 Å². The third-order valence-corrected chi connectivity index (χ3v) is 1.99. The lowest BCUT2D eigenvalue weighted by Gasteiger charge is -2.05. The molecule has 0 aliphatic carbocycles. The molecule has 66 valence electrons. The van der Waals surface area contributed by atoms with E-state index in [1.807, 2.05) is 0 Å². The molecule has 4 N–H and O–H groups in total. The Morgan fingerprint density at radius 3 is 1.67 bits per heavy atom. The number of hydrogen-bond acceptors (Lipinski definition) is 2. The van der Waals surface area contributed by atoms with E-state index >= 15 is 0 Å². The van der Waals surface area contributed by atoms with Gasteiger partial charge in [0, 0.05) is 13.1 Å². The van der Waals surface area contributed by atoms with Crippen molar-refractivity contribution >= 4 is 0 Å². The van der Waals surface area contributed by atoms with E-state index in [4.69, 9.17) is 11.5 Å². The molecule has 0 aromatic heterocycles. The first-order chi connectivity index (χ1) is 5.80. The van der Waals surface area contributed by atoms with Gasteiger partial charge in [-0.1, -0.05) is 25.1 Å². The summed E-state index contributed by atoms with van der Waals surface area (Å²) in [6.07, 6.45) is 1.04. The Morgan fingerprint density at radius 2 is 1.33 bits per heavy atom. The number of nitrogens with two attached hydrogens (primary N) is 2. The highest BCUT2D eigenvalue weighted by atomic mass is 14.5. The van der Waals surface area contributed by atoms with Gasteiger partial charge >= 0.3 is 0 Å². The molecule has 0 saturated heterocycles. The van der Waals surface area contributed by atoms with Crippen LogP contribution in [0.3, 0.4) is 0 Å². The zero-order valence-electron chi connectivity index (χ0n) is 7.51. The van der Waals surface area contributed by atoms with Crippen LogP contribution in [0.5, 0.6) is 0 Å². The monoisotopic (exact) mass is 164 g/mol. The summed E-state index contributed by atoms with van der Waals surface area (Å²) in [5, 5.41) is 0. The first kappa shape index (κ1) is 9.23. The summed E-state index contributed by atoms with van der Waals surface area (Å²) in [7, 11) is 0. The summed E-state index contributed by atoms with van der Waals surface area (Å²) in [6.45, 7) is 3.33. The van der Waals surface area contributed by atoms with Crippen molar-refractivity contribution in [1.82, 2.24) is 0 Å². The smallest absolute Gasteiger partial charge is 0.0178 e. The van der Waals surface area contributed by atoms with Gasteiger partial charge in [0.05, 0.1) is 0 Å². The lowest BCUT2D eigenvalue weighted by molar-refractivity contribution is 1.00. The Hall–Kier alpha value is -0.860. The molecule has 0 fully saturated rings. The van der Waals surface area contributed by atoms with Crippen molar-refractivity contribution < 1.29 is 0 Å². The van der Waals surface area contributed by atoms with E-state index < -0.39 is 0 Å². The summed E-state index contributed by atoms with van der Waals surface area (Å²) in [5.41, 5.74) is 14.8. The molecule has 0 aliphatic heterocycles. The van der Waals surface area contributed by atoms with Crippen molar-refractivity contribution in [3.05, 3.63) is 34.9 Å². The van der Waals surface area contributed by atoms with Gasteiger partial charge < -0.3 is 11.5 Å². The number of hydrogen-bond donors (Lipinski definition) is 2.